The minimum Gasteiger partial charge on any atom is -0.383 e. The number of aryl methyl sites for hydroxylation is 1. The van der Waals surface area contributed by atoms with Crippen LogP contribution >= 0.6 is 0 Å². The predicted molar refractivity (Wildman–Crippen MR) is 138 cm³/mol. The summed E-state index contributed by atoms with van der Waals surface area (Å²) in [6.45, 7) is 10.2. The number of hydrogen-bond donors (Lipinski definition) is 0. The van der Waals surface area contributed by atoms with Gasteiger partial charge in [-0.05, 0) is 63.6 Å². The fourth-order valence-electron chi connectivity index (χ4n) is 4.07. The number of nitrogens with zero attached hydrogens (tertiary/aromatic N) is 7. The number of aliphatic imine (C=N–C) groups is 2. The first-order valence-electron chi connectivity index (χ1n) is 11.6. The van der Waals surface area contributed by atoms with Gasteiger partial charge in [-0.15, -0.1) is 0 Å². The number of hydrogen-bond acceptors (Lipinski definition) is 8. The number of fused-ring (bicyclic) bond motifs is 1. The lowest BCUT2D eigenvalue weighted by molar-refractivity contribution is 0.205. The van der Waals surface area contributed by atoms with Gasteiger partial charge in [-0.2, -0.15) is 10.1 Å². The first-order chi connectivity index (χ1) is 17.0. The normalized spacial score (nSPS) is 14.4. The summed E-state index contributed by atoms with van der Waals surface area (Å²) in [5, 5.41) is 4.73. The third-order valence-electron chi connectivity index (χ3n) is 6.02. The summed E-state index contributed by atoms with van der Waals surface area (Å²) in [5.41, 5.74) is 6.44. The molecule has 180 valence electrons. The molecule has 1 aliphatic heterocycles. The predicted octanol–water partition coefficient (Wildman–Crippen LogP) is 4.10. The van der Waals surface area contributed by atoms with Crippen LogP contribution in [0.2, 0.25) is 0 Å². The van der Waals surface area contributed by atoms with Crippen LogP contribution in [0.15, 0.2) is 57.7 Å². The molecule has 2 aromatic heterocycles. The van der Waals surface area contributed by atoms with Gasteiger partial charge in [-0.1, -0.05) is 6.07 Å². The molecule has 9 nitrogen and oxygen atoms in total. The molecule has 35 heavy (non-hydrogen) atoms. The highest BCUT2D eigenvalue weighted by Crippen LogP contribution is 2.30. The summed E-state index contributed by atoms with van der Waals surface area (Å²) in [7, 11) is 1.71. The number of rotatable bonds is 9. The van der Waals surface area contributed by atoms with Crippen molar-refractivity contribution in [2.75, 3.05) is 31.7 Å². The number of anilines is 1. The second-order valence-corrected chi connectivity index (χ2v) is 8.28. The largest absolute Gasteiger partial charge is 0.383 e. The van der Waals surface area contributed by atoms with Gasteiger partial charge in [0.05, 0.1) is 23.7 Å². The van der Waals surface area contributed by atoms with E-state index in [2.05, 4.69) is 33.9 Å². The van der Waals surface area contributed by atoms with Crippen molar-refractivity contribution in [2.24, 2.45) is 15.1 Å². The summed E-state index contributed by atoms with van der Waals surface area (Å²) in [5.74, 6) is 0.602. The number of carbonyl (C=O) groups excluding carboxylic acids is 1. The van der Waals surface area contributed by atoms with E-state index in [1.54, 1.807) is 31.0 Å². The number of imidazole rings is 1. The van der Waals surface area contributed by atoms with Crippen LogP contribution in [0.1, 0.15) is 30.9 Å². The molecule has 4 rings (SSSR count). The van der Waals surface area contributed by atoms with E-state index in [-0.39, 0.29) is 0 Å². The number of benzene rings is 1. The van der Waals surface area contributed by atoms with Crippen LogP contribution in [0, 0.1) is 13.8 Å². The monoisotopic (exact) mass is 471 g/mol. The molecule has 0 spiro atoms. The van der Waals surface area contributed by atoms with Gasteiger partial charge in [-0.25, -0.2) is 19.4 Å². The number of pyridine rings is 1. The van der Waals surface area contributed by atoms with Crippen LogP contribution in [0.5, 0.6) is 0 Å². The fraction of sp³-hybridized carbons (Fsp3) is 0.346. The molecule has 0 amide bonds. The van der Waals surface area contributed by atoms with Gasteiger partial charge in [0, 0.05) is 32.1 Å². The van der Waals surface area contributed by atoms with E-state index in [1.807, 2.05) is 38.1 Å². The highest BCUT2D eigenvalue weighted by Gasteiger charge is 2.32. The van der Waals surface area contributed by atoms with Gasteiger partial charge >= 0.3 is 0 Å². The minimum absolute atomic E-state index is 0.505. The third kappa shape index (κ3) is 4.82. The molecular weight excluding hydrogens is 442 g/mol. The number of ether oxygens (including phenoxy) is 1. The molecule has 1 aliphatic rings. The van der Waals surface area contributed by atoms with E-state index in [0.29, 0.717) is 23.9 Å². The van der Waals surface area contributed by atoms with Crippen molar-refractivity contribution < 1.29 is 9.53 Å². The lowest BCUT2D eigenvalue weighted by Crippen LogP contribution is -2.26. The average molecular weight is 472 g/mol. The zero-order valence-electron chi connectivity index (χ0n) is 20.7. The first kappa shape index (κ1) is 24.2. The molecule has 0 saturated carbocycles. The van der Waals surface area contributed by atoms with E-state index in [1.165, 1.54) is 0 Å². The molecule has 0 bridgehead atoms. The molecule has 0 saturated heterocycles. The Balaban J connectivity index is 1.79. The van der Waals surface area contributed by atoms with Gasteiger partial charge in [0.15, 0.2) is 5.82 Å². The molecule has 0 N–H and O–H groups in total. The Morgan fingerprint density at radius 3 is 2.71 bits per heavy atom. The molecule has 0 radical (unpaired) electrons. The van der Waals surface area contributed by atoms with E-state index in [4.69, 9.17) is 19.8 Å². The number of isocyanates is 1. The quantitative estimate of drug-likeness (QED) is 0.346. The maximum absolute atomic E-state index is 11.0. The summed E-state index contributed by atoms with van der Waals surface area (Å²) in [6, 6.07) is 11.4. The van der Waals surface area contributed by atoms with E-state index >= 15 is 0 Å². The Bertz CT molecular complexity index is 1320. The van der Waals surface area contributed by atoms with Crippen molar-refractivity contribution in [1.29, 1.82) is 0 Å². The smallest absolute Gasteiger partial charge is 0.235 e. The molecule has 0 fully saturated rings. The van der Waals surface area contributed by atoms with E-state index in [9.17, 15) is 4.79 Å². The molecule has 0 aliphatic carbocycles. The van der Waals surface area contributed by atoms with Crippen LogP contribution in [-0.4, -0.2) is 65.0 Å². The van der Waals surface area contributed by atoms with Crippen molar-refractivity contribution >= 4 is 28.9 Å². The SMILES string of the molecule is CCN(CCOC)c1ccc(/N=C2/C(C(C)N=C=O)=Nn3c2nc(-c2ccccn2)c3C)c(C)c1. The molecule has 1 aromatic carbocycles. The lowest BCUT2D eigenvalue weighted by atomic mass is 10.1. The maximum Gasteiger partial charge on any atom is 0.235 e. The zero-order valence-corrected chi connectivity index (χ0v) is 20.7. The third-order valence-corrected chi connectivity index (χ3v) is 6.02. The van der Waals surface area contributed by atoms with Crippen molar-refractivity contribution in [3.05, 3.63) is 59.7 Å². The van der Waals surface area contributed by atoms with E-state index < -0.39 is 6.04 Å². The number of likely N-dealkylation sites (N-methyl/N-ethyl adjacent to an activating group) is 1. The molecular formula is C26H29N7O2. The zero-order chi connectivity index (χ0) is 24.9. The van der Waals surface area contributed by atoms with Gasteiger partial charge in [0.2, 0.25) is 6.08 Å². The molecule has 3 heterocycles. The Morgan fingerprint density at radius 2 is 2.06 bits per heavy atom. The van der Waals surface area contributed by atoms with Crippen LogP contribution in [0.3, 0.4) is 0 Å². The molecule has 3 aromatic rings. The van der Waals surface area contributed by atoms with E-state index in [0.717, 1.165) is 47.1 Å². The van der Waals surface area contributed by atoms with Crippen LogP contribution < -0.4 is 4.90 Å². The second kappa shape index (κ2) is 10.5. The van der Waals surface area contributed by atoms with Crippen LogP contribution in [0.25, 0.3) is 11.4 Å². The number of methoxy groups -OCH3 is 1. The topological polar surface area (TPSA) is 97.3 Å². The minimum atomic E-state index is -0.505. The van der Waals surface area contributed by atoms with Gasteiger partial charge in [0.25, 0.3) is 0 Å². The molecule has 1 unspecified atom stereocenters. The van der Waals surface area contributed by atoms with Gasteiger partial charge in [-0.3, -0.25) is 4.98 Å². The standard InChI is InChI=1S/C26H29N7O2/c1-6-32(13-14-35-5)20-10-11-21(17(2)15-20)29-25-23(18(3)28-16-34)31-33-19(4)24(30-26(25)33)22-9-7-8-12-27-22/h7-12,15,18H,6,13-14H2,1-5H3/b29-25-. The van der Waals surface area contributed by atoms with Crippen LogP contribution in [-0.2, 0) is 9.53 Å². The summed E-state index contributed by atoms with van der Waals surface area (Å²) < 4.78 is 6.99. The average Bonchev–Trinajstić information content (AvgIpc) is 3.38. The summed E-state index contributed by atoms with van der Waals surface area (Å²) in [4.78, 5) is 31.4. The summed E-state index contributed by atoms with van der Waals surface area (Å²) >= 11 is 0. The summed E-state index contributed by atoms with van der Waals surface area (Å²) in [6.07, 6.45) is 3.37. The first-order valence-corrected chi connectivity index (χ1v) is 11.6. The van der Waals surface area contributed by atoms with Crippen LogP contribution in [0.4, 0.5) is 11.4 Å². The van der Waals surface area contributed by atoms with Crippen molar-refractivity contribution in [1.82, 2.24) is 14.6 Å². The number of aromatic nitrogens is 3. The Hall–Kier alpha value is -3.94. The maximum atomic E-state index is 11.0. The molecule has 9 heteroatoms. The van der Waals surface area contributed by atoms with Gasteiger partial charge in [0.1, 0.15) is 23.2 Å². The Kier molecular flexibility index (Phi) is 7.29. The Morgan fingerprint density at radius 1 is 1.23 bits per heavy atom. The lowest BCUT2D eigenvalue weighted by Gasteiger charge is -2.23. The van der Waals surface area contributed by atoms with Crippen molar-refractivity contribution in [3.63, 3.8) is 0 Å². The van der Waals surface area contributed by atoms with Crippen molar-refractivity contribution in [2.45, 2.75) is 33.7 Å². The Labute approximate surface area is 204 Å². The van der Waals surface area contributed by atoms with Gasteiger partial charge < -0.3 is 9.64 Å². The highest BCUT2D eigenvalue weighted by atomic mass is 16.5. The highest BCUT2D eigenvalue weighted by molar-refractivity contribution is 6.51. The fourth-order valence-corrected chi connectivity index (χ4v) is 4.07. The second-order valence-electron chi connectivity index (χ2n) is 8.28. The van der Waals surface area contributed by atoms with Crippen molar-refractivity contribution in [3.8, 4) is 11.4 Å². The molecule has 1 atom stereocenters.